The highest BCUT2D eigenvalue weighted by Crippen LogP contribution is 2.28. The molecule has 9 rings (SSSR count). The van der Waals surface area contributed by atoms with Gasteiger partial charge in [-0.3, -0.25) is 0 Å². The highest BCUT2D eigenvalue weighted by atomic mass is 32.1. The standard InChI is InChI=1S/C44H38N6S2/c1-47-21-5-9-29(25-47)41-33-13-14-34(45-33)42(30-10-6-22-48(2)26-30)39-19-20-40(52-39)44(32-12-8-24-50(4)28-32)36-16-15-35(46-36)43(38-18-17-37(41)51-38)31-11-7-23-49(3)27-31/h5-28,45-46H,1-4H3/q+4. The van der Waals surface area contributed by atoms with Crippen LogP contribution in [0.5, 0.6) is 0 Å². The molecule has 2 N–H and O–H groups in total. The normalized spacial score (nSPS) is 12.8. The predicted molar refractivity (Wildman–Crippen MR) is 206 cm³/mol. The Morgan fingerprint density at radius 3 is 0.827 bits per heavy atom. The second-order valence-electron chi connectivity index (χ2n) is 13.4. The van der Waals surface area contributed by atoms with Crippen LogP contribution in [0.15, 0.2) is 147 Å². The number of nitrogens with zero attached hydrogens (tertiary/aromatic N) is 4. The van der Waals surface area contributed by atoms with Crippen molar-refractivity contribution in [2.75, 3.05) is 0 Å². The van der Waals surface area contributed by atoms with E-state index in [1.807, 2.05) is 22.7 Å². The number of aromatic amines is 2. The molecule has 0 spiro atoms. The summed E-state index contributed by atoms with van der Waals surface area (Å²) in [6.45, 7) is 0. The van der Waals surface area contributed by atoms with Crippen molar-refractivity contribution in [1.82, 2.24) is 9.97 Å². The minimum Gasteiger partial charge on any atom is -0.354 e. The molecule has 1 aliphatic rings. The summed E-state index contributed by atoms with van der Waals surface area (Å²) in [4.78, 5) is 7.85. The molecule has 52 heavy (non-hydrogen) atoms. The predicted octanol–water partition coefficient (Wildman–Crippen LogP) is 3.07. The van der Waals surface area contributed by atoms with Crippen LogP contribution in [-0.2, 0) is 28.2 Å². The van der Waals surface area contributed by atoms with Crippen molar-refractivity contribution in [3.05, 3.63) is 210 Å². The first-order valence-electron chi connectivity index (χ1n) is 17.3. The summed E-state index contributed by atoms with van der Waals surface area (Å²) < 4.78 is 13.3. The molecule has 0 saturated heterocycles. The molecule has 0 amide bonds. The van der Waals surface area contributed by atoms with Crippen LogP contribution in [0.2, 0.25) is 0 Å². The van der Waals surface area contributed by atoms with Gasteiger partial charge in [0.1, 0.15) is 28.2 Å². The molecule has 1 aliphatic heterocycles. The molecule has 0 radical (unpaired) electrons. The minimum absolute atomic E-state index is 1.08. The molecule has 8 bridgehead atoms. The quantitative estimate of drug-likeness (QED) is 0.264. The van der Waals surface area contributed by atoms with Crippen LogP contribution in [-0.4, -0.2) is 9.97 Å². The first-order valence-corrected chi connectivity index (χ1v) is 18.9. The summed E-state index contributed by atoms with van der Waals surface area (Å²) in [6, 6.07) is 35.4. The fourth-order valence-electron chi connectivity index (χ4n) is 7.25. The van der Waals surface area contributed by atoms with E-state index in [0.717, 1.165) is 45.0 Å². The maximum Gasteiger partial charge on any atom is 0.176 e. The van der Waals surface area contributed by atoms with Crippen LogP contribution in [0.4, 0.5) is 0 Å². The molecule has 0 saturated carbocycles. The number of rotatable bonds is 4. The third kappa shape index (κ3) is 5.86. The summed E-state index contributed by atoms with van der Waals surface area (Å²) in [5.41, 5.74) is 13.6. The average Bonchev–Trinajstić information content (AvgIpc) is 3.96. The molecule has 0 unspecified atom stereocenters. The van der Waals surface area contributed by atoms with Gasteiger partial charge in [0.05, 0.1) is 0 Å². The molecular formula is C44H38N6S2+4. The molecule has 0 aromatic carbocycles. The number of hydrogen-bond acceptors (Lipinski definition) is 2. The van der Waals surface area contributed by atoms with Crippen molar-refractivity contribution in [3.63, 3.8) is 0 Å². The molecule has 8 aromatic heterocycles. The van der Waals surface area contributed by atoms with E-state index in [1.54, 1.807) is 0 Å². The zero-order chi connectivity index (χ0) is 35.3. The van der Waals surface area contributed by atoms with Crippen LogP contribution in [0.1, 0.15) is 45.0 Å². The largest absolute Gasteiger partial charge is 0.354 e. The number of pyridine rings is 4. The van der Waals surface area contributed by atoms with Gasteiger partial charge in [-0.2, -0.15) is 0 Å². The van der Waals surface area contributed by atoms with E-state index in [0.29, 0.717) is 0 Å². The number of thiophene rings is 2. The average molecular weight is 715 g/mol. The van der Waals surface area contributed by atoms with E-state index in [1.165, 1.54) is 40.4 Å². The lowest BCUT2D eigenvalue weighted by atomic mass is 10.0. The van der Waals surface area contributed by atoms with E-state index in [2.05, 4.69) is 203 Å². The molecule has 0 fully saturated rings. The molecule has 0 aliphatic carbocycles. The van der Waals surface area contributed by atoms with Gasteiger partial charge < -0.3 is 9.97 Å². The molecule has 8 aromatic rings. The number of hydrogen-bond donors (Lipinski definition) is 2. The van der Waals surface area contributed by atoms with Gasteiger partial charge in [-0.1, -0.05) is 0 Å². The van der Waals surface area contributed by atoms with E-state index in [-0.39, 0.29) is 0 Å². The Bertz CT molecular complexity index is 2530. The Morgan fingerprint density at radius 1 is 0.346 bits per heavy atom. The highest BCUT2D eigenvalue weighted by molar-refractivity contribution is 7.08. The molecule has 6 nitrogen and oxygen atoms in total. The molecule has 252 valence electrons. The summed E-state index contributed by atoms with van der Waals surface area (Å²) in [5, 5.41) is 0. The van der Waals surface area contributed by atoms with Gasteiger partial charge in [0.2, 0.25) is 0 Å². The lowest BCUT2D eigenvalue weighted by Gasteiger charge is -2.08. The van der Waals surface area contributed by atoms with E-state index in [4.69, 9.17) is 0 Å². The number of H-pyrrole nitrogens is 2. The summed E-state index contributed by atoms with van der Waals surface area (Å²) in [5.74, 6) is 0. The lowest BCUT2D eigenvalue weighted by molar-refractivity contribution is -0.671. The van der Waals surface area contributed by atoms with Crippen molar-refractivity contribution >= 4 is 45.0 Å². The smallest absolute Gasteiger partial charge is 0.176 e. The molecule has 9 heterocycles. The summed E-state index contributed by atoms with van der Waals surface area (Å²) in [6.07, 6.45) is 17.2. The Labute approximate surface area is 309 Å². The van der Waals surface area contributed by atoms with Crippen molar-refractivity contribution in [2.45, 2.75) is 0 Å². The Balaban J connectivity index is 1.45. The van der Waals surface area contributed by atoms with Crippen molar-refractivity contribution in [1.29, 1.82) is 0 Å². The van der Waals surface area contributed by atoms with Gasteiger partial charge in [-0.05, 0) is 72.8 Å². The molecule has 8 heteroatoms. The molecular weight excluding hydrogens is 677 g/mol. The number of aromatic nitrogens is 6. The zero-order valence-corrected chi connectivity index (χ0v) is 31.1. The third-order valence-electron chi connectivity index (χ3n) is 9.56. The van der Waals surface area contributed by atoms with Gasteiger partial charge in [-0.25, -0.2) is 18.3 Å². The van der Waals surface area contributed by atoms with Gasteiger partial charge in [0, 0.05) is 110 Å². The second kappa shape index (κ2) is 13.0. The first kappa shape index (κ1) is 32.0. The maximum absolute atomic E-state index is 3.92. The number of nitrogens with one attached hydrogen (secondary N) is 2. The fraction of sp³-hybridized carbons (Fsp3) is 0.0909. The van der Waals surface area contributed by atoms with Crippen LogP contribution in [0, 0.1) is 0 Å². The fourth-order valence-corrected chi connectivity index (χ4v) is 9.59. The van der Waals surface area contributed by atoms with E-state index in [9.17, 15) is 0 Å². The summed E-state index contributed by atoms with van der Waals surface area (Å²) >= 11 is 3.65. The van der Waals surface area contributed by atoms with Gasteiger partial charge in [0.15, 0.2) is 49.6 Å². The first-order chi connectivity index (χ1) is 25.4. The van der Waals surface area contributed by atoms with Crippen molar-refractivity contribution in [3.8, 4) is 0 Å². The minimum atomic E-state index is 1.08. The van der Waals surface area contributed by atoms with Gasteiger partial charge in [-0.15, -0.1) is 22.7 Å². The van der Waals surface area contributed by atoms with Crippen LogP contribution < -0.4 is 36.4 Å². The summed E-state index contributed by atoms with van der Waals surface area (Å²) in [7, 11) is 8.33. The molecule has 0 atom stereocenters. The second-order valence-corrected chi connectivity index (χ2v) is 15.6. The number of aryl methyl sites for hydroxylation is 4. The topological polar surface area (TPSA) is 47.1 Å². The maximum atomic E-state index is 3.92. The lowest BCUT2D eigenvalue weighted by Crippen LogP contribution is -2.27. The Kier molecular flexibility index (Phi) is 7.98. The van der Waals surface area contributed by atoms with Gasteiger partial charge in [0.25, 0.3) is 0 Å². The third-order valence-corrected chi connectivity index (χ3v) is 11.8. The highest BCUT2D eigenvalue weighted by Gasteiger charge is 2.21. The SMILES string of the molecule is C[n+]1cccc(C2=c3ccc(s3)=C(c3ccc[n+](C)c3)c3ccc([nH]3)C(c3ccc[n+](C)c3)=c3ccc(s3)=C(c3ccc[n+](C)c3)c3ccc2[nH]3)c1. The van der Waals surface area contributed by atoms with Crippen molar-refractivity contribution < 1.29 is 18.3 Å². The number of fused-ring (bicyclic) bond motifs is 8. The van der Waals surface area contributed by atoms with Crippen LogP contribution >= 0.6 is 22.7 Å². The van der Waals surface area contributed by atoms with Crippen LogP contribution in [0.25, 0.3) is 22.3 Å². The zero-order valence-electron chi connectivity index (χ0n) is 29.5. The monoisotopic (exact) mass is 714 g/mol. The van der Waals surface area contributed by atoms with E-state index < -0.39 is 0 Å². The van der Waals surface area contributed by atoms with Crippen LogP contribution in [0.3, 0.4) is 0 Å². The Morgan fingerprint density at radius 2 is 0.596 bits per heavy atom. The van der Waals surface area contributed by atoms with Gasteiger partial charge >= 0.3 is 0 Å². The van der Waals surface area contributed by atoms with E-state index >= 15 is 0 Å². The van der Waals surface area contributed by atoms with Crippen molar-refractivity contribution in [2.24, 2.45) is 28.2 Å². The Hall–Kier alpha value is -5.96.